The first kappa shape index (κ1) is 20.3. The van der Waals surface area contributed by atoms with E-state index in [0.717, 1.165) is 50.5 Å². The van der Waals surface area contributed by atoms with Crippen LogP contribution in [0, 0.1) is 0 Å². The summed E-state index contributed by atoms with van der Waals surface area (Å²) in [5, 5.41) is 0. The zero-order valence-corrected chi connectivity index (χ0v) is 18.0. The number of methoxy groups -OCH3 is 1. The van der Waals surface area contributed by atoms with Crippen molar-refractivity contribution in [3.05, 3.63) is 53.2 Å². The summed E-state index contributed by atoms with van der Waals surface area (Å²) in [7, 11) is 1.71. The molecule has 7 heteroatoms. The average Bonchev–Trinajstić information content (AvgIpc) is 2.85. The number of piperidine rings is 1. The Kier molecular flexibility index (Phi) is 5.54. The standard InChI is InChI=1S/C24H29N3O4/c1-29-20-3-4-21-18(16-20)6-13-31-24(21)7-9-26(10-8-24)22-5-2-19(17-25-22)23(28)27-11-14-30-15-12-27/h2-5,16-17H,6-15H2,1H3. The summed E-state index contributed by atoms with van der Waals surface area (Å²) in [5.74, 6) is 1.85. The second-order valence-electron chi connectivity index (χ2n) is 8.41. The molecule has 3 aliphatic rings. The number of anilines is 1. The van der Waals surface area contributed by atoms with Gasteiger partial charge in [-0.2, -0.15) is 0 Å². The van der Waals surface area contributed by atoms with Gasteiger partial charge in [-0.1, -0.05) is 6.07 Å². The van der Waals surface area contributed by atoms with E-state index in [0.29, 0.717) is 31.9 Å². The molecular formula is C24H29N3O4. The van der Waals surface area contributed by atoms with Gasteiger partial charge in [-0.15, -0.1) is 0 Å². The lowest BCUT2D eigenvalue weighted by molar-refractivity contribution is -0.0767. The van der Waals surface area contributed by atoms with E-state index in [2.05, 4.69) is 22.0 Å². The van der Waals surface area contributed by atoms with Crippen molar-refractivity contribution in [2.45, 2.75) is 24.9 Å². The number of benzene rings is 1. The van der Waals surface area contributed by atoms with E-state index >= 15 is 0 Å². The summed E-state index contributed by atoms with van der Waals surface area (Å²) < 4.78 is 17.1. The number of amides is 1. The molecule has 0 unspecified atom stereocenters. The van der Waals surface area contributed by atoms with Crippen LogP contribution in [0.3, 0.4) is 0 Å². The molecule has 0 atom stereocenters. The maximum atomic E-state index is 12.6. The maximum absolute atomic E-state index is 12.6. The Balaban J connectivity index is 1.27. The first-order chi connectivity index (χ1) is 15.2. The topological polar surface area (TPSA) is 64.1 Å². The number of carbonyl (C=O) groups is 1. The van der Waals surface area contributed by atoms with E-state index in [1.54, 1.807) is 13.3 Å². The van der Waals surface area contributed by atoms with Crippen LogP contribution < -0.4 is 9.64 Å². The lowest BCUT2D eigenvalue weighted by Crippen LogP contribution is -2.47. The number of nitrogens with zero attached hydrogens (tertiary/aromatic N) is 3. The highest BCUT2D eigenvalue weighted by Crippen LogP contribution is 2.43. The molecule has 1 spiro atoms. The summed E-state index contributed by atoms with van der Waals surface area (Å²) in [5.41, 5.74) is 3.06. The highest BCUT2D eigenvalue weighted by atomic mass is 16.5. The van der Waals surface area contributed by atoms with Crippen molar-refractivity contribution in [3.8, 4) is 5.75 Å². The van der Waals surface area contributed by atoms with Crippen molar-refractivity contribution >= 4 is 11.7 Å². The Hall–Kier alpha value is -2.64. The van der Waals surface area contributed by atoms with E-state index < -0.39 is 0 Å². The van der Waals surface area contributed by atoms with Gasteiger partial charge >= 0.3 is 0 Å². The zero-order valence-electron chi connectivity index (χ0n) is 18.0. The number of morpholine rings is 1. The molecule has 1 amide bonds. The van der Waals surface area contributed by atoms with Crippen LogP contribution in [0.5, 0.6) is 5.75 Å². The second kappa shape index (κ2) is 8.48. The summed E-state index contributed by atoms with van der Waals surface area (Å²) in [6, 6.07) is 10.2. The minimum atomic E-state index is -0.220. The fourth-order valence-corrected chi connectivity index (χ4v) is 4.94. The van der Waals surface area contributed by atoms with Gasteiger partial charge < -0.3 is 24.0 Å². The second-order valence-corrected chi connectivity index (χ2v) is 8.41. The number of hydrogen-bond donors (Lipinski definition) is 0. The van der Waals surface area contributed by atoms with Crippen LogP contribution >= 0.6 is 0 Å². The molecule has 2 aromatic rings. The van der Waals surface area contributed by atoms with Gasteiger partial charge in [0.1, 0.15) is 11.6 Å². The molecule has 0 aliphatic carbocycles. The largest absolute Gasteiger partial charge is 0.497 e. The molecule has 3 aliphatic heterocycles. The summed E-state index contributed by atoms with van der Waals surface area (Å²) in [6.07, 6.45) is 4.47. The zero-order chi connectivity index (χ0) is 21.3. The van der Waals surface area contributed by atoms with Gasteiger partial charge in [0, 0.05) is 32.4 Å². The van der Waals surface area contributed by atoms with Gasteiger partial charge in [0.05, 0.1) is 38.1 Å². The van der Waals surface area contributed by atoms with Crippen molar-refractivity contribution in [1.29, 1.82) is 0 Å². The van der Waals surface area contributed by atoms with Crippen molar-refractivity contribution in [2.75, 3.05) is 58.0 Å². The highest BCUT2D eigenvalue weighted by Gasteiger charge is 2.41. The van der Waals surface area contributed by atoms with Gasteiger partial charge in [-0.3, -0.25) is 4.79 Å². The summed E-state index contributed by atoms with van der Waals surface area (Å²) in [6.45, 7) is 4.97. The summed E-state index contributed by atoms with van der Waals surface area (Å²) in [4.78, 5) is 21.4. The quantitative estimate of drug-likeness (QED) is 0.756. The third-order valence-electron chi connectivity index (χ3n) is 6.74. The van der Waals surface area contributed by atoms with Crippen molar-refractivity contribution < 1.29 is 19.0 Å². The molecule has 1 aromatic heterocycles. The van der Waals surface area contributed by atoms with Crippen LogP contribution in [0.15, 0.2) is 36.5 Å². The third kappa shape index (κ3) is 3.88. The molecule has 164 valence electrons. The van der Waals surface area contributed by atoms with Crippen LogP contribution in [0.1, 0.15) is 34.3 Å². The van der Waals surface area contributed by atoms with E-state index in [9.17, 15) is 4.79 Å². The maximum Gasteiger partial charge on any atom is 0.255 e. The number of ether oxygens (including phenoxy) is 3. The smallest absolute Gasteiger partial charge is 0.255 e. The molecule has 0 bridgehead atoms. The van der Waals surface area contributed by atoms with Gasteiger partial charge in [-0.25, -0.2) is 4.98 Å². The van der Waals surface area contributed by atoms with Gasteiger partial charge in [-0.05, 0) is 54.7 Å². The number of rotatable bonds is 3. The molecule has 7 nitrogen and oxygen atoms in total. The Morgan fingerprint density at radius 2 is 1.87 bits per heavy atom. The Morgan fingerprint density at radius 1 is 1.06 bits per heavy atom. The molecule has 5 rings (SSSR count). The predicted octanol–water partition coefficient (Wildman–Crippen LogP) is 2.63. The monoisotopic (exact) mass is 423 g/mol. The number of aromatic nitrogens is 1. The van der Waals surface area contributed by atoms with Gasteiger partial charge in [0.2, 0.25) is 0 Å². The van der Waals surface area contributed by atoms with Gasteiger partial charge in [0.25, 0.3) is 5.91 Å². The van der Waals surface area contributed by atoms with Crippen molar-refractivity contribution in [3.63, 3.8) is 0 Å². The lowest BCUT2D eigenvalue weighted by atomic mass is 9.79. The van der Waals surface area contributed by atoms with Crippen molar-refractivity contribution in [1.82, 2.24) is 9.88 Å². The SMILES string of the molecule is COc1ccc2c(c1)CCOC21CCN(c2ccc(C(=O)N3CCOCC3)cn2)CC1. The first-order valence-electron chi connectivity index (χ1n) is 11.1. The molecule has 4 heterocycles. The first-order valence-corrected chi connectivity index (χ1v) is 11.1. The molecule has 0 saturated carbocycles. The van der Waals surface area contributed by atoms with Crippen LogP contribution in [0.4, 0.5) is 5.82 Å². The van der Waals surface area contributed by atoms with E-state index in [1.807, 2.05) is 23.1 Å². The number of carbonyl (C=O) groups excluding carboxylic acids is 1. The molecule has 31 heavy (non-hydrogen) atoms. The molecule has 0 N–H and O–H groups in total. The Morgan fingerprint density at radius 3 is 2.58 bits per heavy atom. The third-order valence-corrected chi connectivity index (χ3v) is 6.74. The molecule has 2 saturated heterocycles. The molecule has 2 fully saturated rings. The highest BCUT2D eigenvalue weighted by molar-refractivity contribution is 5.94. The fourth-order valence-electron chi connectivity index (χ4n) is 4.94. The Bertz CT molecular complexity index is 932. The number of fused-ring (bicyclic) bond motifs is 2. The molecular weight excluding hydrogens is 394 g/mol. The summed E-state index contributed by atoms with van der Waals surface area (Å²) >= 11 is 0. The normalized spacial score (nSPS) is 20.4. The average molecular weight is 424 g/mol. The van der Waals surface area contributed by atoms with Crippen LogP contribution in [-0.2, 0) is 21.5 Å². The fraction of sp³-hybridized carbons (Fsp3) is 0.500. The molecule has 0 radical (unpaired) electrons. The van der Waals surface area contributed by atoms with Crippen LogP contribution in [-0.4, -0.2) is 68.9 Å². The van der Waals surface area contributed by atoms with Gasteiger partial charge in [0.15, 0.2) is 0 Å². The predicted molar refractivity (Wildman–Crippen MR) is 117 cm³/mol. The van der Waals surface area contributed by atoms with Crippen molar-refractivity contribution in [2.24, 2.45) is 0 Å². The minimum absolute atomic E-state index is 0.0302. The lowest BCUT2D eigenvalue weighted by Gasteiger charge is -2.45. The van der Waals surface area contributed by atoms with Crippen LogP contribution in [0.25, 0.3) is 0 Å². The van der Waals surface area contributed by atoms with E-state index in [4.69, 9.17) is 14.2 Å². The minimum Gasteiger partial charge on any atom is -0.497 e. The number of pyridine rings is 1. The Labute approximate surface area is 182 Å². The van der Waals surface area contributed by atoms with Crippen LogP contribution in [0.2, 0.25) is 0 Å². The molecule has 1 aromatic carbocycles. The van der Waals surface area contributed by atoms with E-state index in [1.165, 1.54) is 11.1 Å². The number of hydrogen-bond acceptors (Lipinski definition) is 6. The van der Waals surface area contributed by atoms with E-state index in [-0.39, 0.29) is 11.5 Å².